The molecule has 1 aliphatic heterocycles. The Labute approximate surface area is 152 Å². The number of rotatable bonds is 8. The topological polar surface area (TPSA) is 125 Å². The Morgan fingerprint density at radius 3 is 2.88 bits per heavy atom. The lowest BCUT2D eigenvalue weighted by Crippen LogP contribution is -2.48. The Hall–Kier alpha value is -2.71. The molecular weight excluding hydrogens is 336 g/mol. The van der Waals surface area contributed by atoms with Crippen molar-refractivity contribution < 1.29 is 14.4 Å². The van der Waals surface area contributed by atoms with Gasteiger partial charge in [-0.05, 0) is 19.8 Å². The van der Waals surface area contributed by atoms with Crippen molar-refractivity contribution in [3.63, 3.8) is 0 Å². The summed E-state index contributed by atoms with van der Waals surface area (Å²) in [5.74, 6) is 0.865. The van der Waals surface area contributed by atoms with Gasteiger partial charge in [0, 0.05) is 37.7 Å². The number of nitrogens with zero attached hydrogens (tertiary/aromatic N) is 2. The molecular formula is C17H26N6O3. The number of imide groups is 1. The smallest absolute Gasteiger partial charge is 0.322 e. The van der Waals surface area contributed by atoms with E-state index in [4.69, 9.17) is 0 Å². The SMILES string of the molecule is CCCCc1nc(C)cc(NCCNC(=O)C2CCC(=O)NC(=O)N2)n1. The quantitative estimate of drug-likeness (QED) is 0.503. The van der Waals surface area contributed by atoms with Gasteiger partial charge in [-0.3, -0.25) is 14.9 Å². The number of anilines is 1. The molecule has 1 fully saturated rings. The van der Waals surface area contributed by atoms with Gasteiger partial charge in [-0.15, -0.1) is 0 Å². The van der Waals surface area contributed by atoms with Crippen LogP contribution in [0.2, 0.25) is 0 Å². The number of aryl methyl sites for hydroxylation is 2. The predicted octanol–water partition coefficient (Wildman–Crippen LogP) is 0.644. The lowest BCUT2D eigenvalue weighted by atomic mass is 10.1. The van der Waals surface area contributed by atoms with Crippen LogP contribution in [0.25, 0.3) is 0 Å². The summed E-state index contributed by atoms with van der Waals surface area (Å²) < 4.78 is 0. The van der Waals surface area contributed by atoms with Crippen molar-refractivity contribution in [1.29, 1.82) is 0 Å². The minimum atomic E-state index is -0.705. The third-order valence-electron chi connectivity index (χ3n) is 3.92. The summed E-state index contributed by atoms with van der Waals surface area (Å²) in [6.45, 7) is 4.92. The van der Waals surface area contributed by atoms with Crippen molar-refractivity contribution in [2.45, 2.75) is 52.0 Å². The van der Waals surface area contributed by atoms with E-state index in [1.54, 1.807) is 0 Å². The Balaban J connectivity index is 1.77. The fourth-order valence-corrected chi connectivity index (χ4v) is 2.59. The molecule has 0 aromatic carbocycles. The van der Waals surface area contributed by atoms with E-state index in [0.29, 0.717) is 13.1 Å². The standard InChI is InChI=1S/C17H26N6O3/c1-3-4-5-13-20-11(2)10-14(22-13)18-8-9-19-16(25)12-6-7-15(24)23-17(26)21-12/h10,12H,3-9H2,1-2H3,(H,19,25)(H,18,20,22)(H2,21,23,24,26). The van der Waals surface area contributed by atoms with E-state index < -0.39 is 12.1 Å². The van der Waals surface area contributed by atoms with Gasteiger partial charge in [0.25, 0.3) is 0 Å². The second-order valence-electron chi connectivity index (χ2n) is 6.25. The number of urea groups is 1. The van der Waals surface area contributed by atoms with E-state index in [0.717, 1.165) is 36.6 Å². The molecule has 1 aromatic rings. The van der Waals surface area contributed by atoms with E-state index in [2.05, 4.69) is 38.2 Å². The van der Waals surface area contributed by atoms with Gasteiger partial charge in [-0.25, -0.2) is 14.8 Å². The molecule has 9 nitrogen and oxygen atoms in total. The van der Waals surface area contributed by atoms with Gasteiger partial charge in [-0.1, -0.05) is 13.3 Å². The lowest BCUT2D eigenvalue weighted by Gasteiger charge is -2.15. The first kappa shape index (κ1) is 19.6. The van der Waals surface area contributed by atoms with Gasteiger partial charge in [0.2, 0.25) is 11.8 Å². The minimum Gasteiger partial charge on any atom is -0.368 e. The fraction of sp³-hybridized carbons (Fsp3) is 0.588. The van der Waals surface area contributed by atoms with Crippen LogP contribution in [-0.4, -0.2) is 46.9 Å². The second-order valence-corrected chi connectivity index (χ2v) is 6.25. The van der Waals surface area contributed by atoms with E-state index in [9.17, 15) is 14.4 Å². The number of aromatic nitrogens is 2. The van der Waals surface area contributed by atoms with Gasteiger partial charge < -0.3 is 16.0 Å². The summed E-state index contributed by atoms with van der Waals surface area (Å²) in [5, 5.41) is 10.5. The number of amides is 4. The molecule has 142 valence electrons. The first-order valence-electron chi connectivity index (χ1n) is 8.94. The van der Waals surface area contributed by atoms with Gasteiger partial charge >= 0.3 is 6.03 Å². The average molecular weight is 362 g/mol. The van der Waals surface area contributed by atoms with Crippen LogP contribution in [0.3, 0.4) is 0 Å². The van der Waals surface area contributed by atoms with E-state index in [1.807, 2.05) is 13.0 Å². The Kier molecular flexibility index (Phi) is 7.31. The molecule has 2 heterocycles. The summed E-state index contributed by atoms with van der Waals surface area (Å²) in [6, 6.07) is 0.519. The van der Waals surface area contributed by atoms with Crippen molar-refractivity contribution in [1.82, 2.24) is 25.9 Å². The molecule has 0 bridgehead atoms. The highest BCUT2D eigenvalue weighted by molar-refractivity contribution is 5.98. The maximum absolute atomic E-state index is 12.1. The zero-order valence-electron chi connectivity index (χ0n) is 15.2. The number of hydrogen-bond acceptors (Lipinski definition) is 6. The fourth-order valence-electron chi connectivity index (χ4n) is 2.59. The third kappa shape index (κ3) is 6.30. The highest BCUT2D eigenvalue weighted by atomic mass is 16.2. The molecule has 1 saturated heterocycles. The monoisotopic (exact) mass is 362 g/mol. The third-order valence-corrected chi connectivity index (χ3v) is 3.92. The predicted molar refractivity (Wildman–Crippen MR) is 96.6 cm³/mol. The van der Waals surface area contributed by atoms with Crippen LogP contribution in [0.1, 0.15) is 44.1 Å². The van der Waals surface area contributed by atoms with Crippen LogP contribution in [0.4, 0.5) is 10.6 Å². The van der Waals surface area contributed by atoms with Crippen LogP contribution in [0.5, 0.6) is 0 Å². The number of unbranched alkanes of at least 4 members (excludes halogenated alkanes) is 1. The molecule has 1 unspecified atom stereocenters. The van der Waals surface area contributed by atoms with Crippen molar-refractivity contribution in [3.8, 4) is 0 Å². The summed E-state index contributed by atoms with van der Waals surface area (Å²) in [5.41, 5.74) is 0.899. The highest BCUT2D eigenvalue weighted by Gasteiger charge is 2.25. The van der Waals surface area contributed by atoms with E-state index in [-0.39, 0.29) is 24.7 Å². The van der Waals surface area contributed by atoms with Crippen molar-refractivity contribution in [2.24, 2.45) is 0 Å². The number of hydrogen-bond donors (Lipinski definition) is 4. The van der Waals surface area contributed by atoms with E-state index in [1.165, 1.54) is 0 Å². The molecule has 0 spiro atoms. The van der Waals surface area contributed by atoms with Gasteiger partial charge in [0.1, 0.15) is 17.7 Å². The number of carbonyl (C=O) groups excluding carboxylic acids is 3. The lowest BCUT2D eigenvalue weighted by molar-refractivity contribution is -0.123. The summed E-state index contributed by atoms with van der Waals surface area (Å²) in [4.78, 5) is 43.7. The van der Waals surface area contributed by atoms with E-state index >= 15 is 0 Å². The van der Waals surface area contributed by atoms with Gasteiger partial charge in [0.15, 0.2) is 0 Å². The molecule has 0 saturated carbocycles. The maximum atomic E-state index is 12.1. The summed E-state index contributed by atoms with van der Waals surface area (Å²) in [7, 11) is 0. The normalized spacial score (nSPS) is 17.1. The van der Waals surface area contributed by atoms with Crippen LogP contribution in [0, 0.1) is 6.92 Å². The zero-order chi connectivity index (χ0) is 18.9. The Morgan fingerprint density at radius 1 is 1.31 bits per heavy atom. The highest BCUT2D eigenvalue weighted by Crippen LogP contribution is 2.08. The zero-order valence-corrected chi connectivity index (χ0v) is 15.2. The molecule has 9 heteroatoms. The Bertz CT molecular complexity index is 664. The molecule has 1 atom stereocenters. The van der Waals surface area contributed by atoms with Crippen LogP contribution < -0.4 is 21.3 Å². The summed E-state index contributed by atoms with van der Waals surface area (Å²) in [6.07, 6.45) is 3.39. The van der Waals surface area contributed by atoms with Crippen LogP contribution in [0.15, 0.2) is 6.07 Å². The molecule has 1 aliphatic rings. The average Bonchev–Trinajstić information content (AvgIpc) is 2.76. The van der Waals surface area contributed by atoms with Gasteiger partial charge in [0.05, 0.1) is 0 Å². The number of nitrogens with one attached hydrogen (secondary N) is 4. The largest absolute Gasteiger partial charge is 0.368 e. The first-order valence-corrected chi connectivity index (χ1v) is 8.94. The molecule has 4 amide bonds. The second kappa shape index (κ2) is 9.69. The van der Waals surface area contributed by atoms with Crippen LogP contribution >= 0.6 is 0 Å². The van der Waals surface area contributed by atoms with Crippen molar-refractivity contribution >= 4 is 23.7 Å². The maximum Gasteiger partial charge on any atom is 0.322 e. The molecule has 0 radical (unpaired) electrons. The van der Waals surface area contributed by atoms with Gasteiger partial charge in [-0.2, -0.15) is 0 Å². The molecule has 0 aliphatic carbocycles. The van der Waals surface area contributed by atoms with Crippen molar-refractivity contribution in [2.75, 3.05) is 18.4 Å². The molecule has 4 N–H and O–H groups in total. The molecule has 2 rings (SSSR count). The molecule has 26 heavy (non-hydrogen) atoms. The van der Waals surface area contributed by atoms with Crippen LogP contribution in [-0.2, 0) is 16.0 Å². The Morgan fingerprint density at radius 2 is 2.12 bits per heavy atom. The minimum absolute atomic E-state index is 0.135. The van der Waals surface area contributed by atoms with Crippen molar-refractivity contribution in [3.05, 3.63) is 17.6 Å². The first-order chi connectivity index (χ1) is 12.5. The summed E-state index contributed by atoms with van der Waals surface area (Å²) >= 11 is 0. The molecule has 1 aromatic heterocycles. The number of carbonyl (C=O) groups is 3.